The molecule has 0 aliphatic heterocycles. The molecule has 1 aromatic rings. The van der Waals surface area contributed by atoms with Gasteiger partial charge in [-0.3, -0.25) is 0 Å². The average molecular weight is 260 g/mol. The molecule has 0 radical (unpaired) electrons. The largest absolute Gasteiger partial charge is 0.390 e. The van der Waals surface area contributed by atoms with E-state index in [1.54, 1.807) is 11.9 Å². The van der Waals surface area contributed by atoms with Gasteiger partial charge in [0, 0.05) is 24.8 Å². The van der Waals surface area contributed by atoms with E-state index in [1.807, 2.05) is 37.3 Å². The molecule has 5 heteroatoms. The standard InChI is InChI=1S/C13H19F3N2/c1-11(18(2)9-8-13(14,15)16)10-17-12-6-4-3-5-7-12/h3-7,11,17H,8-10H2,1-2H3. The molecule has 2 nitrogen and oxygen atoms in total. The number of hydrogen-bond donors (Lipinski definition) is 1. The van der Waals surface area contributed by atoms with E-state index in [0.29, 0.717) is 6.54 Å². The summed E-state index contributed by atoms with van der Waals surface area (Å²) in [7, 11) is 1.71. The fourth-order valence-corrected chi connectivity index (χ4v) is 1.50. The Morgan fingerprint density at radius 1 is 1.22 bits per heavy atom. The highest BCUT2D eigenvalue weighted by molar-refractivity contribution is 5.42. The van der Waals surface area contributed by atoms with Crippen LogP contribution in [0.1, 0.15) is 13.3 Å². The van der Waals surface area contributed by atoms with Crippen LogP contribution < -0.4 is 5.32 Å². The Morgan fingerprint density at radius 2 is 1.83 bits per heavy atom. The average Bonchev–Trinajstić information content (AvgIpc) is 2.33. The van der Waals surface area contributed by atoms with Crippen molar-refractivity contribution in [2.24, 2.45) is 0 Å². The molecule has 0 aliphatic carbocycles. The van der Waals surface area contributed by atoms with Crippen LogP contribution in [0.4, 0.5) is 18.9 Å². The molecule has 1 unspecified atom stereocenters. The van der Waals surface area contributed by atoms with Crippen molar-refractivity contribution in [1.29, 1.82) is 0 Å². The predicted molar refractivity (Wildman–Crippen MR) is 67.7 cm³/mol. The topological polar surface area (TPSA) is 15.3 Å². The number of para-hydroxylation sites is 1. The minimum absolute atomic E-state index is 0.0289. The van der Waals surface area contributed by atoms with Gasteiger partial charge in [-0.25, -0.2) is 0 Å². The number of nitrogens with zero attached hydrogens (tertiary/aromatic N) is 1. The lowest BCUT2D eigenvalue weighted by atomic mass is 10.2. The van der Waals surface area contributed by atoms with E-state index >= 15 is 0 Å². The van der Waals surface area contributed by atoms with Crippen molar-refractivity contribution in [2.45, 2.75) is 25.6 Å². The molecule has 1 rings (SSSR count). The van der Waals surface area contributed by atoms with Crippen molar-refractivity contribution in [1.82, 2.24) is 4.90 Å². The number of halogens is 3. The molecule has 0 amide bonds. The van der Waals surface area contributed by atoms with Gasteiger partial charge in [0.15, 0.2) is 0 Å². The van der Waals surface area contributed by atoms with Crippen LogP contribution in [0.2, 0.25) is 0 Å². The van der Waals surface area contributed by atoms with Crippen molar-refractivity contribution in [3.8, 4) is 0 Å². The van der Waals surface area contributed by atoms with E-state index in [4.69, 9.17) is 0 Å². The summed E-state index contributed by atoms with van der Waals surface area (Å²) in [6, 6.07) is 9.67. The summed E-state index contributed by atoms with van der Waals surface area (Å²) in [6.45, 7) is 2.56. The number of rotatable bonds is 6. The first-order chi connectivity index (χ1) is 8.38. The summed E-state index contributed by atoms with van der Waals surface area (Å²) in [6.07, 6.45) is -4.85. The third-order valence-electron chi connectivity index (χ3n) is 2.88. The van der Waals surface area contributed by atoms with Crippen molar-refractivity contribution in [3.05, 3.63) is 30.3 Å². The lowest BCUT2D eigenvalue weighted by Crippen LogP contribution is -2.37. The number of likely N-dealkylation sites (N-methyl/N-ethyl adjacent to an activating group) is 1. The van der Waals surface area contributed by atoms with Crippen molar-refractivity contribution >= 4 is 5.69 Å². The molecule has 1 aromatic carbocycles. The van der Waals surface area contributed by atoms with Gasteiger partial charge in [0.25, 0.3) is 0 Å². The molecule has 0 saturated carbocycles. The molecule has 0 bridgehead atoms. The fraction of sp³-hybridized carbons (Fsp3) is 0.538. The number of nitrogens with one attached hydrogen (secondary N) is 1. The number of hydrogen-bond acceptors (Lipinski definition) is 2. The first kappa shape index (κ1) is 14.8. The monoisotopic (exact) mass is 260 g/mol. The summed E-state index contributed by atoms with van der Waals surface area (Å²) in [5.74, 6) is 0. The lowest BCUT2D eigenvalue weighted by Gasteiger charge is -2.25. The number of alkyl halides is 3. The van der Waals surface area contributed by atoms with Crippen LogP contribution in [0.3, 0.4) is 0 Å². The van der Waals surface area contributed by atoms with E-state index in [0.717, 1.165) is 5.69 Å². The molecular weight excluding hydrogens is 241 g/mol. The summed E-state index contributed by atoms with van der Waals surface area (Å²) in [5.41, 5.74) is 0.980. The van der Waals surface area contributed by atoms with Gasteiger partial charge < -0.3 is 10.2 Å². The fourth-order valence-electron chi connectivity index (χ4n) is 1.50. The minimum atomic E-state index is -4.08. The summed E-state index contributed by atoms with van der Waals surface area (Å²) >= 11 is 0. The van der Waals surface area contributed by atoms with Gasteiger partial charge in [-0.15, -0.1) is 0 Å². The number of anilines is 1. The van der Waals surface area contributed by atoms with Crippen LogP contribution in [-0.4, -0.2) is 37.3 Å². The molecular formula is C13H19F3N2. The van der Waals surface area contributed by atoms with Crippen LogP contribution in [0.25, 0.3) is 0 Å². The van der Waals surface area contributed by atoms with Crippen molar-refractivity contribution in [3.63, 3.8) is 0 Å². The van der Waals surface area contributed by atoms with Gasteiger partial charge >= 0.3 is 6.18 Å². The first-order valence-corrected chi connectivity index (χ1v) is 5.94. The smallest absolute Gasteiger partial charge is 0.383 e. The molecule has 1 atom stereocenters. The van der Waals surface area contributed by atoms with Crippen molar-refractivity contribution < 1.29 is 13.2 Å². The van der Waals surface area contributed by atoms with E-state index in [2.05, 4.69) is 5.32 Å². The van der Waals surface area contributed by atoms with Gasteiger partial charge in [0.2, 0.25) is 0 Å². The summed E-state index contributed by atoms with van der Waals surface area (Å²) < 4.78 is 36.3. The van der Waals surface area contributed by atoms with E-state index < -0.39 is 12.6 Å². The van der Waals surface area contributed by atoms with Gasteiger partial charge in [-0.2, -0.15) is 13.2 Å². The quantitative estimate of drug-likeness (QED) is 0.843. The lowest BCUT2D eigenvalue weighted by molar-refractivity contribution is -0.138. The molecule has 18 heavy (non-hydrogen) atoms. The van der Waals surface area contributed by atoms with E-state index in [1.165, 1.54) is 0 Å². The maximum absolute atomic E-state index is 12.1. The van der Waals surface area contributed by atoms with Gasteiger partial charge in [-0.05, 0) is 26.1 Å². The molecule has 0 aromatic heterocycles. The van der Waals surface area contributed by atoms with Crippen LogP contribution in [0.15, 0.2) is 30.3 Å². The molecule has 0 fully saturated rings. The Hall–Kier alpha value is -1.23. The highest BCUT2D eigenvalue weighted by Crippen LogP contribution is 2.19. The molecule has 0 saturated heterocycles. The molecule has 0 spiro atoms. The van der Waals surface area contributed by atoms with Gasteiger partial charge in [0.1, 0.15) is 0 Å². The normalized spacial score (nSPS) is 13.7. The Bertz CT molecular complexity index is 338. The zero-order valence-electron chi connectivity index (χ0n) is 10.7. The third-order valence-corrected chi connectivity index (χ3v) is 2.88. The zero-order chi connectivity index (χ0) is 13.6. The predicted octanol–water partition coefficient (Wildman–Crippen LogP) is 3.37. The second-order valence-corrected chi connectivity index (χ2v) is 4.44. The van der Waals surface area contributed by atoms with Crippen molar-refractivity contribution in [2.75, 3.05) is 25.5 Å². The highest BCUT2D eigenvalue weighted by Gasteiger charge is 2.27. The Kier molecular flexibility index (Phi) is 5.47. The summed E-state index contributed by atoms with van der Waals surface area (Å²) in [5, 5.41) is 3.20. The molecule has 1 N–H and O–H groups in total. The van der Waals surface area contributed by atoms with E-state index in [9.17, 15) is 13.2 Å². The molecule has 102 valence electrons. The Morgan fingerprint density at radius 3 is 2.39 bits per heavy atom. The van der Waals surface area contributed by atoms with Crippen LogP contribution in [0.5, 0.6) is 0 Å². The maximum atomic E-state index is 12.1. The summed E-state index contributed by atoms with van der Waals surface area (Å²) in [4.78, 5) is 1.71. The number of benzene rings is 1. The minimum Gasteiger partial charge on any atom is -0.383 e. The van der Waals surface area contributed by atoms with Crippen LogP contribution in [-0.2, 0) is 0 Å². The Balaban J connectivity index is 2.30. The molecule has 0 heterocycles. The third kappa shape index (κ3) is 5.91. The Labute approximate surface area is 106 Å². The SMILES string of the molecule is CC(CNc1ccccc1)N(C)CCC(F)(F)F. The molecule has 0 aliphatic rings. The highest BCUT2D eigenvalue weighted by atomic mass is 19.4. The second-order valence-electron chi connectivity index (χ2n) is 4.44. The van der Waals surface area contributed by atoms with Crippen LogP contribution in [0, 0.1) is 0 Å². The van der Waals surface area contributed by atoms with Gasteiger partial charge in [0.05, 0.1) is 6.42 Å². The van der Waals surface area contributed by atoms with Gasteiger partial charge in [-0.1, -0.05) is 18.2 Å². The zero-order valence-corrected chi connectivity index (χ0v) is 10.7. The first-order valence-electron chi connectivity index (χ1n) is 5.94. The maximum Gasteiger partial charge on any atom is 0.390 e. The second kappa shape index (κ2) is 6.64. The van der Waals surface area contributed by atoms with E-state index in [-0.39, 0.29) is 12.6 Å². The van der Waals surface area contributed by atoms with Crippen LogP contribution >= 0.6 is 0 Å².